The lowest BCUT2D eigenvalue weighted by atomic mass is 9.97. The first kappa shape index (κ1) is 10.2. The Morgan fingerprint density at radius 2 is 2.13 bits per heavy atom. The van der Waals surface area contributed by atoms with E-state index in [4.69, 9.17) is 5.11 Å². The van der Waals surface area contributed by atoms with Gasteiger partial charge in [0.1, 0.15) is 0 Å². The van der Waals surface area contributed by atoms with Gasteiger partial charge in [-0.15, -0.1) is 0 Å². The Balaban J connectivity index is 2.06. The van der Waals surface area contributed by atoms with Crippen molar-refractivity contribution in [3.05, 3.63) is 35.4 Å². The first-order valence-corrected chi connectivity index (χ1v) is 5.27. The normalized spacial score (nSPS) is 20.4. The molecular formula is C12H15NO2. The van der Waals surface area contributed by atoms with E-state index in [-0.39, 0.29) is 6.42 Å². The van der Waals surface area contributed by atoms with Crippen molar-refractivity contribution in [2.75, 3.05) is 13.1 Å². The molecule has 15 heavy (non-hydrogen) atoms. The van der Waals surface area contributed by atoms with Crippen LogP contribution < -0.4 is 5.32 Å². The molecule has 80 valence electrons. The van der Waals surface area contributed by atoms with E-state index < -0.39 is 5.97 Å². The lowest BCUT2D eigenvalue weighted by Gasteiger charge is -2.08. The molecule has 2 N–H and O–H groups in total. The van der Waals surface area contributed by atoms with Crippen LogP contribution in [-0.4, -0.2) is 24.2 Å². The summed E-state index contributed by atoms with van der Waals surface area (Å²) in [5.41, 5.74) is 2.19. The third-order valence-electron chi connectivity index (χ3n) is 2.87. The quantitative estimate of drug-likeness (QED) is 0.784. The number of rotatable bonds is 3. The second-order valence-electron chi connectivity index (χ2n) is 4.00. The molecule has 1 aromatic rings. The monoisotopic (exact) mass is 205 g/mol. The van der Waals surface area contributed by atoms with Gasteiger partial charge >= 0.3 is 5.97 Å². The number of carboxylic acids is 1. The lowest BCUT2D eigenvalue weighted by molar-refractivity contribution is -0.136. The minimum absolute atomic E-state index is 0.114. The highest BCUT2D eigenvalue weighted by Crippen LogP contribution is 2.22. The van der Waals surface area contributed by atoms with Gasteiger partial charge in [0.2, 0.25) is 0 Å². The summed E-state index contributed by atoms with van der Waals surface area (Å²) in [5.74, 6) is -0.172. The topological polar surface area (TPSA) is 49.3 Å². The minimum atomic E-state index is -0.773. The predicted molar refractivity (Wildman–Crippen MR) is 58.0 cm³/mol. The number of nitrogens with one attached hydrogen (secondary N) is 1. The minimum Gasteiger partial charge on any atom is -0.481 e. The van der Waals surface area contributed by atoms with E-state index in [1.54, 1.807) is 0 Å². The van der Waals surface area contributed by atoms with Crippen LogP contribution in [0.25, 0.3) is 0 Å². The molecule has 1 fully saturated rings. The predicted octanol–water partition coefficient (Wildman–Crippen LogP) is 1.39. The SMILES string of the molecule is O=C(O)Cc1ccc(C2CCNC2)cc1. The number of hydrogen-bond acceptors (Lipinski definition) is 2. The van der Waals surface area contributed by atoms with Crippen LogP contribution in [0.5, 0.6) is 0 Å². The fourth-order valence-electron chi connectivity index (χ4n) is 2.02. The van der Waals surface area contributed by atoms with Gasteiger partial charge in [-0.3, -0.25) is 4.79 Å². The maximum Gasteiger partial charge on any atom is 0.307 e. The fourth-order valence-corrected chi connectivity index (χ4v) is 2.02. The van der Waals surface area contributed by atoms with Crippen LogP contribution >= 0.6 is 0 Å². The van der Waals surface area contributed by atoms with Crippen LogP contribution in [0.3, 0.4) is 0 Å². The van der Waals surface area contributed by atoms with Crippen molar-refractivity contribution in [1.82, 2.24) is 5.32 Å². The van der Waals surface area contributed by atoms with Gasteiger partial charge in [-0.2, -0.15) is 0 Å². The average molecular weight is 205 g/mol. The zero-order chi connectivity index (χ0) is 10.7. The maximum absolute atomic E-state index is 10.5. The van der Waals surface area contributed by atoms with E-state index in [2.05, 4.69) is 17.4 Å². The molecule has 0 aliphatic carbocycles. The molecule has 0 bridgehead atoms. The van der Waals surface area contributed by atoms with Crippen molar-refractivity contribution in [3.8, 4) is 0 Å². The molecule has 1 saturated heterocycles. The Morgan fingerprint density at radius 3 is 2.67 bits per heavy atom. The molecule has 0 spiro atoms. The Kier molecular flexibility index (Phi) is 3.02. The van der Waals surface area contributed by atoms with Crippen LogP contribution in [0.1, 0.15) is 23.5 Å². The highest BCUT2D eigenvalue weighted by Gasteiger charge is 2.16. The molecule has 1 unspecified atom stereocenters. The summed E-state index contributed by atoms with van der Waals surface area (Å²) in [6.07, 6.45) is 1.29. The fraction of sp³-hybridized carbons (Fsp3) is 0.417. The summed E-state index contributed by atoms with van der Waals surface area (Å²) >= 11 is 0. The van der Waals surface area contributed by atoms with Crippen molar-refractivity contribution in [2.24, 2.45) is 0 Å². The summed E-state index contributed by atoms with van der Waals surface area (Å²) < 4.78 is 0. The second-order valence-corrected chi connectivity index (χ2v) is 4.00. The Morgan fingerprint density at radius 1 is 1.40 bits per heavy atom. The summed E-state index contributed by atoms with van der Waals surface area (Å²) in [6, 6.07) is 7.94. The number of hydrogen-bond donors (Lipinski definition) is 2. The molecule has 0 saturated carbocycles. The number of benzene rings is 1. The van der Waals surface area contributed by atoms with E-state index in [0.717, 1.165) is 18.7 Å². The summed E-state index contributed by atoms with van der Waals surface area (Å²) in [6.45, 7) is 2.12. The third-order valence-corrected chi connectivity index (χ3v) is 2.87. The van der Waals surface area contributed by atoms with E-state index in [0.29, 0.717) is 5.92 Å². The van der Waals surface area contributed by atoms with Crippen molar-refractivity contribution in [1.29, 1.82) is 0 Å². The van der Waals surface area contributed by atoms with Gasteiger partial charge in [-0.1, -0.05) is 24.3 Å². The largest absolute Gasteiger partial charge is 0.481 e. The van der Waals surface area contributed by atoms with Crippen LogP contribution in [0.4, 0.5) is 0 Å². The number of carboxylic acid groups (broad SMARTS) is 1. The molecular weight excluding hydrogens is 190 g/mol. The molecule has 1 atom stereocenters. The number of carbonyl (C=O) groups is 1. The van der Waals surface area contributed by atoms with Crippen LogP contribution in [0.2, 0.25) is 0 Å². The second kappa shape index (κ2) is 4.45. The van der Waals surface area contributed by atoms with Crippen molar-refractivity contribution >= 4 is 5.97 Å². The van der Waals surface area contributed by atoms with Crippen molar-refractivity contribution in [3.63, 3.8) is 0 Å². The molecule has 0 aromatic heterocycles. The van der Waals surface area contributed by atoms with Crippen LogP contribution in [0, 0.1) is 0 Å². The zero-order valence-corrected chi connectivity index (χ0v) is 8.57. The van der Waals surface area contributed by atoms with E-state index >= 15 is 0 Å². The van der Waals surface area contributed by atoms with Crippen molar-refractivity contribution < 1.29 is 9.90 Å². The summed E-state index contributed by atoms with van der Waals surface area (Å²) in [4.78, 5) is 10.5. The zero-order valence-electron chi connectivity index (χ0n) is 8.57. The highest BCUT2D eigenvalue weighted by atomic mass is 16.4. The Labute approximate surface area is 89.1 Å². The van der Waals surface area contributed by atoms with Gasteiger partial charge < -0.3 is 10.4 Å². The van der Waals surface area contributed by atoms with Gasteiger partial charge in [0.05, 0.1) is 6.42 Å². The van der Waals surface area contributed by atoms with Crippen LogP contribution in [0.15, 0.2) is 24.3 Å². The van der Waals surface area contributed by atoms with Gasteiger partial charge in [-0.25, -0.2) is 0 Å². The van der Waals surface area contributed by atoms with Crippen LogP contribution in [-0.2, 0) is 11.2 Å². The standard InChI is InChI=1S/C12H15NO2/c14-12(15)7-9-1-3-10(4-2-9)11-5-6-13-8-11/h1-4,11,13H,5-8H2,(H,14,15). The smallest absolute Gasteiger partial charge is 0.307 e. The maximum atomic E-state index is 10.5. The summed E-state index contributed by atoms with van der Waals surface area (Å²) in [7, 11) is 0. The van der Waals surface area contributed by atoms with E-state index in [9.17, 15) is 4.79 Å². The Bertz CT molecular complexity index is 339. The lowest BCUT2D eigenvalue weighted by Crippen LogP contribution is -2.08. The van der Waals surface area contributed by atoms with Gasteiger partial charge in [0.15, 0.2) is 0 Å². The van der Waals surface area contributed by atoms with Gasteiger partial charge in [0, 0.05) is 6.54 Å². The molecule has 2 rings (SSSR count). The van der Waals surface area contributed by atoms with Gasteiger partial charge in [0.25, 0.3) is 0 Å². The Hall–Kier alpha value is -1.35. The van der Waals surface area contributed by atoms with Gasteiger partial charge in [-0.05, 0) is 30.0 Å². The molecule has 1 aromatic carbocycles. The highest BCUT2D eigenvalue weighted by molar-refractivity contribution is 5.70. The first-order chi connectivity index (χ1) is 7.25. The van der Waals surface area contributed by atoms with Crippen molar-refractivity contribution in [2.45, 2.75) is 18.8 Å². The molecule has 1 heterocycles. The average Bonchev–Trinajstić information content (AvgIpc) is 2.71. The van der Waals surface area contributed by atoms with E-state index in [1.165, 1.54) is 12.0 Å². The van der Waals surface area contributed by atoms with E-state index in [1.807, 2.05) is 12.1 Å². The molecule has 1 aliphatic heterocycles. The molecule has 0 amide bonds. The molecule has 3 heteroatoms. The third kappa shape index (κ3) is 2.57. The number of aliphatic carboxylic acids is 1. The molecule has 3 nitrogen and oxygen atoms in total. The molecule has 0 radical (unpaired) electrons. The summed E-state index contributed by atoms with van der Waals surface area (Å²) in [5, 5.41) is 12.0. The molecule has 1 aliphatic rings. The first-order valence-electron chi connectivity index (χ1n) is 5.27.